The van der Waals surface area contributed by atoms with Crippen LogP contribution in [-0.2, 0) is 13.6 Å². The molecule has 202 valence electrons. The number of methoxy groups -OCH3 is 1. The first-order valence-electron chi connectivity index (χ1n) is 13.5. The molecule has 4 aromatic heterocycles. The molecular formula is C30H29FN8O. The Labute approximate surface area is 231 Å². The Bertz CT molecular complexity index is 1700. The maximum atomic E-state index is 14.4. The second-order valence-electron chi connectivity index (χ2n) is 10.6. The number of nitrogens with one attached hydrogen (secondary N) is 1. The summed E-state index contributed by atoms with van der Waals surface area (Å²) in [6.07, 6.45) is 9.98. The molecule has 40 heavy (non-hydrogen) atoms. The normalized spacial score (nSPS) is 15.0. The van der Waals surface area contributed by atoms with E-state index in [9.17, 15) is 4.39 Å². The van der Waals surface area contributed by atoms with Crippen LogP contribution in [0.2, 0.25) is 0 Å². The Morgan fingerprint density at radius 3 is 2.62 bits per heavy atom. The molecule has 2 saturated carbocycles. The van der Waals surface area contributed by atoms with Gasteiger partial charge in [0.1, 0.15) is 23.6 Å². The summed E-state index contributed by atoms with van der Waals surface area (Å²) >= 11 is 0. The van der Waals surface area contributed by atoms with Gasteiger partial charge in [0.2, 0.25) is 0 Å². The van der Waals surface area contributed by atoms with Gasteiger partial charge in [0.15, 0.2) is 11.6 Å². The molecule has 0 unspecified atom stereocenters. The predicted octanol–water partition coefficient (Wildman–Crippen LogP) is 5.07. The molecule has 2 aliphatic rings. The van der Waals surface area contributed by atoms with Crippen LogP contribution in [0.25, 0.3) is 39.6 Å². The third-order valence-corrected chi connectivity index (χ3v) is 7.45. The van der Waals surface area contributed by atoms with Crippen LogP contribution >= 0.6 is 0 Å². The lowest BCUT2D eigenvalue weighted by molar-refractivity contribution is 0.414. The molecule has 5 aromatic rings. The average molecular weight is 537 g/mol. The molecule has 0 bridgehead atoms. The molecular weight excluding hydrogens is 507 g/mol. The third kappa shape index (κ3) is 4.86. The second-order valence-corrected chi connectivity index (χ2v) is 10.6. The highest BCUT2D eigenvalue weighted by Gasteiger charge is 2.27. The van der Waals surface area contributed by atoms with Crippen molar-refractivity contribution in [2.75, 3.05) is 7.11 Å². The topological polar surface area (TPSA) is 95.6 Å². The van der Waals surface area contributed by atoms with Crippen LogP contribution < -0.4 is 10.1 Å². The number of halogens is 1. The Morgan fingerprint density at radius 1 is 1.00 bits per heavy atom. The van der Waals surface area contributed by atoms with Crippen molar-refractivity contribution in [1.29, 1.82) is 0 Å². The fourth-order valence-electron chi connectivity index (χ4n) is 4.94. The average Bonchev–Trinajstić information content (AvgIpc) is 3.90. The number of pyridine rings is 2. The minimum absolute atomic E-state index is 0.328. The Hall–Kier alpha value is -4.44. The Morgan fingerprint density at radius 2 is 1.88 bits per heavy atom. The Balaban J connectivity index is 1.29. The monoisotopic (exact) mass is 536 g/mol. The minimum Gasteiger partial charge on any atom is -0.494 e. The van der Waals surface area contributed by atoms with Crippen molar-refractivity contribution < 1.29 is 9.13 Å². The van der Waals surface area contributed by atoms with Crippen LogP contribution in [0.1, 0.15) is 43.0 Å². The van der Waals surface area contributed by atoms with Crippen LogP contribution in [-0.4, -0.2) is 47.7 Å². The van der Waals surface area contributed by atoms with Crippen molar-refractivity contribution in [2.24, 2.45) is 7.05 Å². The number of ether oxygens (including phenoxy) is 1. The number of hydrogen-bond acceptors (Lipinski definition) is 7. The van der Waals surface area contributed by atoms with Crippen LogP contribution in [0.15, 0.2) is 61.2 Å². The van der Waals surface area contributed by atoms with Crippen LogP contribution in [0.3, 0.4) is 0 Å². The van der Waals surface area contributed by atoms with Crippen molar-refractivity contribution in [3.8, 4) is 45.3 Å². The molecule has 10 heteroatoms. The highest BCUT2D eigenvalue weighted by atomic mass is 19.1. The lowest BCUT2D eigenvalue weighted by Gasteiger charge is -2.13. The van der Waals surface area contributed by atoms with Gasteiger partial charge in [-0.3, -0.25) is 0 Å². The summed E-state index contributed by atoms with van der Waals surface area (Å²) in [4.78, 5) is 9.86. The SMILES string of the molecule is COc1ccc(CNC2CC2)nc1-c1cnn(-c2cc(-c3ccc(F)cc3-c3nncn3C)cc(C3CC3)n2)c1. The molecule has 0 aliphatic heterocycles. The standard InChI is InChI=1S/C30H29FN8O/c1-38-17-33-37-30(38)25-13-21(31)5-9-24(25)19-11-26(18-3-4-18)36-28(12-19)39-16-20(14-34-39)29-27(40-2)10-8-23(35-29)15-32-22-6-7-22/h5,8-14,16-18,22,32H,3-4,6-7,15H2,1-2H3. The molecule has 0 radical (unpaired) electrons. The quantitative estimate of drug-likeness (QED) is 0.281. The summed E-state index contributed by atoms with van der Waals surface area (Å²) in [6, 6.07) is 13.4. The highest BCUT2D eigenvalue weighted by Crippen LogP contribution is 2.42. The molecule has 0 atom stereocenters. The summed E-state index contributed by atoms with van der Waals surface area (Å²) in [7, 11) is 3.50. The van der Waals surface area contributed by atoms with Gasteiger partial charge in [-0.15, -0.1) is 10.2 Å². The molecule has 0 amide bonds. The highest BCUT2D eigenvalue weighted by molar-refractivity contribution is 5.81. The number of rotatable bonds is 9. The van der Waals surface area contributed by atoms with E-state index in [1.165, 1.54) is 25.0 Å². The van der Waals surface area contributed by atoms with E-state index < -0.39 is 0 Å². The maximum Gasteiger partial charge on any atom is 0.164 e. The molecule has 9 nitrogen and oxygen atoms in total. The van der Waals surface area contributed by atoms with Crippen molar-refractivity contribution in [3.05, 3.63) is 78.4 Å². The fourth-order valence-corrected chi connectivity index (χ4v) is 4.94. The van der Waals surface area contributed by atoms with Gasteiger partial charge in [0, 0.05) is 48.6 Å². The van der Waals surface area contributed by atoms with Gasteiger partial charge < -0.3 is 14.6 Å². The number of benzene rings is 1. The van der Waals surface area contributed by atoms with Gasteiger partial charge >= 0.3 is 0 Å². The summed E-state index contributed by atoms with van der Waals surface area (Å²) < 4.78 is 23.6. The molecule has 2 aliphatic carbocycles. The van der Waals surface area contributed by atoms with E-state index in [0.29, 0.717) is 34.9 Å². The molecule has 0 spiro atoms. The first-order valence-corrected chi connectivity index (χ1v) is 13.5. The second kappa shape index (κ2) is 9.95. The molecule has 2 fully saturated rings. The molecule has 1 aromatic carbocycles. The van der Waals surface area contributed by atoms with Crippen molar-refractivity contribution in [3.63, 3.8) is 0 Å². The van der Waals surface area contributed by atoms with Crippen LogP contribution in [0, 0.1) is 5.82 Å². The lowest BCUT2D eigenvalue weighted by Crippen LogP contribution is -2.16. The van der Waals surface area contributed by atoms with E-state index in [2.05, 4.69) is 26.7 Å². The summed E-state index contributed by atoms with van der Waals surface area (Å²) in [6.45, 7) is 0.718. The van der Waals surface area contributed by atoms with Crippen molar-refractivity contribution in [1.82, 2.24) is 39.8 Å². The summed E-state index contributed by atoms with van der Waals surface area (Å²) in [5.74, 6) is 2.05. The van der Waals surface area contributed by atoms with Crippen molar-refractivity contribution >= 4 is 0 Å². The zero-order valence-corrected chi connectivity index (χ0v) is 22.4. The zero-order valence-electron chi connectivity index (χ0n) is 22.4. The van der Waals surface area contributed by atoms with Crippen molar-refractivity contribution in [2.45, 2.75) is 44.2 Å². The fraction of sp³-hybridized carbons (Fsp3) is 0.300. The Kier molecular flexibility index (Phi) is 6.11. The van der Waals surface area contributed by atoms with E-state index in [1.807, 2.05) is 31.4 Å². The number of nitrogens with zero attached hydrogens (tertiary/aromatic N) is 7. The largest absolute Gasteiger partial charge is 0.494 e. The van der Waals surface area contributed by atoms with E-state index in [0.717, 1.165) is 53.2 Å². The maximum absolute atomic E-state index is 14.4. The van der Waals surface area contributed by atoms with Gasteiger partial charge in [0.05, 0.1) is 19.0 Å². The molecule has 7 rings (SSSR count). The van der Waals surface area contributed by atoms with Gasteiger partial charge in [-0.05, 0) is 73.2 Å². The van der Waals surface area contributed by atoms with E-state index in [1.54, 1.807) is 34.9 Å². The molecule has 4 heterocycles. The van der Waals surface area contributed by atoms with E-state index >= 15 is 0 Å². The van der Waals surface area contributed by atoms with E-state index in [-0.39, 0.29) is 5.82 Å². The smallest absolute Gasteiger partial charge is 0.164 e. The zero-order chi connectivity index (χ0) is 27.2. The van der Waals surface area contributed by atoms with E-state index in [4.69, 9.17) is 14.7 Å². The van der Waals surface area contributed by atoms with Gasteiger partial charge in [-0.2, -0.15) is 5.10 Å². The molecule has 0 saturated heterocycles. The first kappa shape index (κ1) is 24.6. The first-order chi connectivity index (χ1) is 19.6. The van der Waals surface area contributed by atoms with Gasteiger partial charge in [-0.25, -0.2) is 19.0 Å². The predicted molar refractivity (Wildman–Crippen MR) is 148 cm³/mol. The lowest BCUT2D eigenvalue weighted by atomic mass is 9.98. The summed E-state index contributed by atoms with van der Waals surface area (Å²) in [5.41, 5.74) is 5.99. The number of hydrogen-bond donors (Lipinski definition) is 1. The number of aromatic nitrogens is 7. The minimum atomic E-state index is -0.328. The third-order valence-electron chi connectivity index (χ3n) is 7.45. The van der Waals surface area contributed by atoms with Crippen LogP contribution in [0.5, 0.6) is 5.75 Å². The van der Waals surface area contributed by atoms with Gasteiger partial charge in [-0.1, -0.05) is 6.07 Å². The number of aryl methyl sites for hydroxylation is 1. The van der Waals surface area contributed by atoms with Crippen LogP contribution in [0.4, 0.5) is 4.39 Å². The molecule has 1 N–H and O–H groups in total. The summed E-state index contributed by atoms with van der Waals surface area (Å²) in [5, 5.41) is 16.4. The van der Waals surface area contributed by atoms with Gasteiger partial charge in [0.25, 0.3) is 0 Å².